The van der Waals surface area contributed by atoms with Crippen molar-refractivity contribution in [2.45, 2.75) is 72.0 Å². The number of aromatic nitrogens is 5. The Bertz CT molecular complexity index is 1870. The second-order valence-electron chi connectivity index (χ2n) is 12.3. The van der Waals surface area contributed by atoms with E-state index >= 15 is 0 Å². The monoisotopic (exact) mass is 657 g/mol. The molecule has 1 aliphatic carbocycles. The summed E-state index contributed by atoms with van der Waals surface area (Å²) in [4.78, 5) is 55.4. The number of pyridine rings is 1. The molecule has 1 saturated carbocycles. The van der Waals surface area contributed by atoms with Gasteiger partial charge in [-0.1, -0.05) is 13.0 Å². The average molecular weight is 659 g/mol. The van der Waals surface area contributed by atoms with E-state index in [9.17, 15) is 14.4 Å². The Labute approximate surface area is 262 Å². The predicted octanol–water partition coefficient (Wildman–Crippen LogP) is 4.81. The van der Waals surface area contributed by atoms with E-state index in [1.807, 2.05) is 32.0 Å². The molecular weight excluding hydrogens is 626 g/mol. The minimum atomic E-state index is -0.640. The van der Waals surface area contributed by atoms with Crippen LogP contribution in [0.4, 0.5) is 5.82 Å². The second-order valence-corrected chi connectivity index (χ2v) is 13.2. The third-order valence-electron chi connectivity index (χ3n) is 9.15. The highest BCUT2D eigenvalue weighted by molar-refractivity contribution is 9.10. The van der Waals surface area contributed by atoms with Gasteiger partial charge in [-0.2, -0.15) is 5.10 Å². The fourth-order valence-electron chi connectivity index (χ4n) is 6.74. The normalized spacial score (nSPS) is 21.9. The van der Waals surface area contributed by atoms with E-state index in [2.05, 4.69) is 48.2 Å². The number of rotatable bonds is 6. The van der Waals surface area contributed by atoms with Gasteiger partial charge in [0.2, 0.25) is 11.8 Å². The number of ether oxygens (including phenoxy) is 1. The van der Waals surface area contributed by atoms with Gasteiger partial charge in [-0.15, -0.1) is 0 Å². The van der Waals surface area contributed by atoms with Crippen LogP contribution in [0.15, 0.2) is 35.2 Å². The maximum absolute atomic E-state index is 14.1. The lowest BCUT2D eigenvalue weighted by atomic mass is 9.93. The van der Waals surface area contributed by atoms with E-state index in [1.54, 1.807) is 22.0 Å². The van der Waals surface area contributed by atoms with Gasteiger partial charge in [-0.25, -0.2) is 15.0 Å². The summed E-state index contributed by atoms with van der Waals surface area (Å²) < 4.78 is 8.44. The first-order valence-corrected chi connectivity index (χ1v) is 15.6. The van der Waals surface area contributed by atoms with Crippen LogP contribution in [0.3, 0.4) is 0 Å². The maximum Gasteiger partial charge on any atom is 0.248 e. The summed E-state index contributed by atoms with van der Waals surface area (Å²) >= 11 is 3.37. The number of halogens is 1. The number of hydrogen-bond donors (Lipinski definition) is 1. The van der Waals surface area contributed by atoms with Gasteiger partial charge in [0, 0.05) is 41.9 Å². The Balaban J connectivity index is 1.26. The minimum Gasteiger partial charge on any atom is -0.491 e. The number of nitrogens with zero attached hydrogens (tertiary/aromatic N) is 6. The molecule has 2 amide bonds. The molecule has 226 valence electrons. The predicted molar refractivity (Wildman–Crippen MR) is 166 cm³/mol. The van der Waals surface area contributed by atoms with Gasteiger partial charge < -0.3 is 15.0 Å². The summed E-state index contributed by atoms with van der Waals surface area (Å²) in [7, 11) is 0. The zero-order chi connectivity index (χ0) is 30.9. The quantitative estimate of drug-likeness (QED) is 0.231. The van der Waals surface area contributed by atoms with Crippen LogP contribution in [0.2, 0.25) is 0 Å². The third-order valence-corrected chi connectivity index (χ3v) is 9.59. The standard InChI is InChI=1S/C32H32BrN7O4/c1-16-7-8-25(33)36-30(16)37-31(43)23-11-32(4)12-24(32)40(23)26(42)15-39-28-22(27(38-39)17(2)41)10-21(19-13-34-18(3)35-14-19)20-6-5-9-44-29(20)28/h7-8,10,13-14,23-24H,5-6,9,11-12,15H2,1-4H3,(H,36,37,43)/t23-,24+,32-/m0/s1. The van der Waals surface area contributed by atoms with Crippen molar-refractivity contribution in [2.75, 3.05) is 11.9 Å². The second kappa shape index (κ2) is 10.5. The number of aryl methyl sites for hydroxylation is 2. The van der Waals surface area contributed by atoms with Gasteiger partial charge in [0.15, 0.2) is 5.78 Å². The molecule has 44 heavy (non-hydrogen) atoms. The number of piperidine rings is 1. The molecule has 11 nitrogen and oxygen atoms in total. The number of fused-ring (bicyclic) bond motifs is 4. The van der Waals surface area contributed by atoms with Gasteiger partial charge in [0.05, 0.1) is 6.61 Å². The number of ketones is 1. The summed E-state index contributed by atoms with van der Waals surface area (Å²) in [6.07, 6.45) is 6.56. The fourth-order valence-corrected chi connectivity index (χ4v) is 7.05. The number of Topliss-reactive ketones (excluding diaryl/α,β-unsaturated/α-hetero) is 1. The van der Waals surface area contributed by atoms with E-state index in [4.69, 9.17) is 4.74 Å². The minimum absolute atomic E-state index is 0.0327. The van der Waals surface area contributed by atoms with Crippen molar-refractivity contribution in [1.29, 1.82) is 0 Å². The zero-order valence-corrected chi connectivity index (χ0v) is 26.6. The van der Waals surface area contributed by atoms with Crippen LogP contribution in [-0.4, -0.2) is 65.9 Å². The summed E-state index contributed by atoms with van der Waals surface area (Å²) in [6, 6.07) is 4.96. The number of likely N-dealkylation sites (tertiary alicyclic amines) is 1. The molecule has 0 bridgehead atoms. The Kier molecular flexibility index (Phi) is 6.80. The van der Waals surface area contributed by atoms with Gasteiger partial charge in [0.1, 0.15) is 45.8 Å². The van der Waals surface area contributed by atoms with Crippen molar-refractivity contribution >= 4 is 50.2 Å². The van der Waals surface area contributed by atoms with Crippen LogP contribution in [0.1, 0.15) is 60.5 Å². The number of nitrogens with one attached hydrogen (secondary N) is 1. The fraction of sp³-hybridized carbons (Fsp3) is 0.406. The van der Waals surface area contributed by atoms with Gasteiger partial charge in [0.25, 0.3) is 0 Å². The van der Waals surface area contributed by atoms with E-state index in [-0.39, 0.29) is 41.3 Å². The number of carbonyl (C=O) groups excluding carboxylic acids is 3. The highest BCUT2D eigenvalue weighted by Crippen LogP contribution is 2.59. The Hall–Kier alpha value is -4.19. The van der Waals surface area contributed by atoms with Crippen LogP contribution in [0, 0.1) is 19.3 Å². The van der Waals surface area contributed by atoms with Crippen molar-refractivity contribution < 1.29 is 19.1 Å². The average Bonchev–Trinajstić information content (AvgIpc) is 3.35. The van der Waals surface area contributed by atoms with Gasteiger partial charge in [-0.3, -0.25) is 19.1 Å². The van der Waals surface area contributed by atoms with Crippen LogP contribution < -0.4 is 10.1 Å². The van der Waals surface area contributed by atoms with Crippen LogP contribution in [-0.2, 0) is 22.6 Å². The molecule has 1 aromatic carbocycles. The van der Waals surface area contributed by atoms with Crippen LogP contribution >= 0.6 is 15.9 Å². The highest BCUT2D eigenvalue weighted by atomic mass is 79.9. The van der Waals surface area contributed by atoms with Crippen LogP contribution in [0.5, 0.6) is 5.75 Å². The van der Waals surface area contributed by atoms with Gasteiger partial charge in [-0.05, 0) is 84.1 Å². The summed E-state index contributed by atoms with van der Waals surface area (Å²) in [6.45, 7) is 7.68. The summed E-state index contributed by atoms with van der Waals surface area (Å²) in [5.74, 6) is 1.05. The lowest BCUT2D eigenvalue weighted by Crippen LogP contribution is -2.47. The van der Waals surface area contributed by atoms with Crippen molar-refractivity contribution in [3.8, 4) is 16.9 Å². The molecule has 2 aliphatic heterocycles. The first-order chi connectivity index (χ1) is 21.0. The van der Waals surface area contributed by atoms with Crippen molar-refractivity contribution in [3.05, 3.63) is 57.8 Å². The smallest absolute Gasteiger partial charge is 0.248 e. The molecule has 5 heterocycles. The first-order valence-electron chi connectivity index (χ1n) is 14.8. The number of benzene rings is 1. The molecule has 0 spiro atoms. The molecule has 4 aromatic rings. The van der Waals surface area contributed by atoms with E-state index in [0.29, 0.717) is 45.9 Å². The molecule has 2 fully saturated rings. The Morgan fingerprint density at radius 1 is 1.16 bits per heavy atom. The molecule has 0 unspecified atom stereocenters. The first kappa shape index (κ1) is 28.6. The summed E-state index contributed by atoms with van der Waals surface area (Å²) in [5, 5.41) is 8.22. The molecule has 1 N–H and O–H groups in total. The molecule has 12 heteroatoms. The van der Waals surface area contributed by atoms with Crippen LogP contribution in [0.25, 0.3) is 22.0 Å². The van der Waals surface area contributed by atoms with Crippen molar-refractivity contribution in [1.82, 2.24) is 29.6 Å². The van der Waals surface area contributed by atoms with Crippen molar-refractivity contribution in [2.24, 2.45) is 5.41 Å². The maximum atomic E-state index is 14.1. The molecule has 3 atom stereocenters. The SMILES string of the molecule is CC(=O)c1nn(CC(=O)N2[C@H](C(=O)Nc3nc(Br)ccc3C)C[C@@]3(C)C[C@@H]23)c2c3c(c(-c4cnc(C)nc4)cc12)CCCO3. The Morgan fingerprint density at radius 2 is 1.93 bits per heavy atom. The number of amides is 2. The Morgan fingerprint density at radius 3 is 2.68 bits per heavy atom. The topological polar surface area (TPSA) is 132 Å². The molecule has 7 rings (SSSR count). The molecule has 1 saturated heterocycles. The van der Waals surface area contributed by atoms with E-state index in [1.165, 1.54) is 6.92 Å². The molecule has 3 aromatic heterocycles. The number of carbonyl (C=O) groups is 3. The molecule has 3 aliphatic rings. The largest absolute Gasteiger partial charge is 0.491 e. The van der Waals surface area contributed by atoms with E-state index in [0.717, 1.165) is 41.5 Å². The number of hydrogen-bond acceptors (Lipinski definition) is 8. The lowest BCUT2D eigenvalue weighted by molar-refractivity contribution is -0.138. The van der Waals surface area contributed by atoms with Crippen molar-refractivity contribution in [3.63, 3.8) is 0 Å². The molecule has 0 radical (unpaired) electrons. The highest BCUT2D eigenvalue weighted by Gasteiger charge is 2.64. The zero-order valence-electron chi connectivity index (χ0n) is 25.0. The van der Waals surface area contributed by atoms with Gasteiger partial charge >= 0.3 is 0 Å². The third kappa shape index (κ3) is 4.75. The lowest BCUT2D eigenvalue weighted by Gasteiger charge is -2.27. The molecular formula is C32H32BrN7O4. The number of anilines is 1. The van der Waals surface area contributed by atoms with E-state index < -0.39 is 6.04 Å². The summed E-state index contributed by atoms with van der Waals surface area (Å²) in [5.41, 5.74) is 4.29.